The highest BCUT2D eigenvalue weighted by Crippen LogP contribution is 2.22. The molecule has 2 aromatic carbocycles. The molecule has 1 aromatic heterocycles. The molecule has 0 atom stereocenters. The first-order chi connectivity index (χ1) is 14.6. The minimum Gasteiger partial charge on any atom is -0.322 e. The first-order valence-electron chi connectivity index (χ1n) is 9.03. The molecule has 0 aliphatic carbocycles. The molecule has 4 rings (SSSR count). The second kappa shape index (κ2) is 9.14. The molecule has 8 nitrogen and oxygen atoms in total. The normalized spacial score (nSPS) is 13.7. The van der Waals surface area contributed by atoms with Crippen molar-refractivity contribution in [1.29, 1.82) is 0 Å². The highest BCUT2D eigenvalue weighted by Gasteiger charge is 2.29. The van der Waals surface area contributed by atoms with Crippen molar-refractivity contribution in [2.75, 3.05) is 11.1 Å². The molecule has 10 heteroatoms. The summed E-state index contributed by atoms with van der Waals surface area (Å²) in [6.07, 6.45) is 1.47. The highest BCUT2D eigenvalue weighted by atomic mass is 32.2. The number of aromatic amines is 1. The summed E-state index contributed by atoms with van der Waals surface area (Å²) in [5.74, 6) is 0.535. The summed E-state index contributed by atoms with van der Waals surface area (Å²) in [5, 5.41) is 9.98. The zero-order valence-electron chi connectivity index (χ0n) is 15.7. The second-order valence-corrected chi connectivity index (χ2v) is 8.35. The third-order valence-electron chi connectivity index (χ3n) is 4.38. The van der Waals surface area contributed by atoms with Crippen molar-refractivity contribution in [1.82, 2.24) is 20.1 Å². The number of amides is 3. The zero-order chi connectivity index (χ0) is 20.9. The van der Waals surface area contributed by atoms with Crippen LogP contribution in [0.1, 0.15) is 21.5 Å². The number of anilines is 1. The highest BCUT2D eigenvalue weighted by molar-refractivity contribution is 8.14. The smallest absolute Gasteiger partial charge is 0.289 e. The quantitative estimate of drug-likeness (QED) is 0.542. The number of rotatable bonds is 7. The van der Waals surface area contributed by atoms with E-state index >= 15 is 0 Å². The first kappa shape index (κ1) is 20.2. The fourth-order valence-corrected chi connectivity index (χ4v) is 4.24. The van der Waals surface area contributed by atoms with E-state index in [1.807, 2.05) is 12.1 Å². The van der Waals surface area contributed by atoms with Gasteiger partial charge in [0.15, 0.2) is 5.16 Å². The van der Waals surface area contributed by atoms with Gasteiger partial charge in [0, 0.05) is 17.0 Å². The molecule has 152 valence electrons. The van der Waals surface area contributed by atoms with Crippen LogP contribution in [0.15, 0.2) is 60.0 Å². The molecular weight excluding hydrogens is 422 g/mol. The molecule has 30 heavy (non-hydrogen) atoms. The van der Waals surface area contributed by atoms with E-state index in [0.29, 0.717) is 11.3 Å². The minimum absolute atomic E-state index is 0.176. The van der Waals surface area contributed by atoms with Crippen molar-refractivity contribution in [2.45, 2.75) is 17.5 Å². The molecule has 0 radical (unpaired) electrons. The zero-order valence-corrected chi connectivity index (χ0v) is 17.3. The van der Waals surface area contributed by atoms with Crippen LogP contribution in [-0.4, -0.2) is 42.9 Å². The van der Waals surface area contributed by atoms with Crippen molar-refractivity contribution in [3.05, 3.63) is 71.5 Å². The predicted octanol–water partition coefficient (Wildman–Crippen LogP) is 3.54. The number of H-pyrrole nitrogens is 1. The summed E-state index contributed by atoms with van der Waals surface area (Å²) >= 11 is 2.55. The molecule has 0 unspecified atom stereocenters. The summed E-state index contributed by atoms with van der Waals surface area (Å²) < 4.78 is 0. The third kappa shape index (κ3) is 4.89. The lowest BCUT2D eigenvalue weighted by molar-refractivity contribution is -0.125. The number of imide groups is 1. The summed E-state index contributed by atoms with van der Waals surface area (Å²) in [6, 6.07) is 14.5. The summed E-state index contributed by atoms with van der Waals surface area (Å²) in [5.41, 5.74) is 3.09. The number of benzene rings is 2. The molecule has 2 N–H and O–H groups in total. The molecule has 2 heterocycles. The van der Waals surface area contributed by atoms with Gasteiger partial charge in [0.2, 0.25) is 5.91 Å². The van der Waals surface area contributed by atoms with Crippen LogP contribution < -0.4 is 5.32 Å². The average Bonchev–Trinajstić information content (AvgIpc) is 3.39. The number of nitrogens with zero attached hydrogens (tertiary/aromatic N) is 3. The van der Waals surface area contributed by atoms with Crippen LogP contribution >= 0.6 is 23.5 Å². The lowest BCUT2D eigenvalue weighted by Gasteiger charge is -2.13. The Hall–Kier alpha value is -3.11. The van der Waals surface area contributed by atoms with Gasteiger partial charge in [-0.05, 0) is 35.4 Å². The van der Waals surface area contributed by atoms with Crippen LogP contribution in [0, 0.1) is 0 Å². The van der Waals surface area contributed by atoms with Crippen LogP contribution in [0.5, 0.6) is 0 Å². The maximum Gasteiger partial charge on any atom is 0.289 e. The number of carbonyl (C=O) groups is 3. The van der Waals surface area contributed by atoms with Gasteiger partial charge in [-0.3, -0.25) is 24.4 Å². The van der Waals surface area contributed by atoms with Crippen molar-refractivity contribution in [3.63, 3.8) is 0 Å². The van der Waals surface area contributed by atoms with Crippen LogP contribution in [-0.2, 0) is 17.1 Å². The second-order valence-electron chi connectivity index (χ2n) is 6.46. The van der Waals surface area contributed by atoms with Gasteiger partial charge in [0.25, 0.3) is 11.1 Å². The monoisotopic (exact) mass is 439 g/mol. The number of hydrogen-bond acceptors (Lipinski definition) is 7. The Morgan fingerprint density at radius 2 is 1.83 bits per heavy atom. The van der Waals surface area contributed by atoms with Crippen molar-refractivity contribution in [3.8, 4) is 0 Å². The summed E-state index contributed by atoms with van der Waals surface area (Å²) in [7, 11) is 0. The molecule has 3 amide bonds. The Morgan fingerprint density at radius 3 is 2.47 bits per heavy atom. The SMILES string of the molecule is O=C(Nc1ccc(CN2C(=O)CSC2=O)cc1)c1ccc(CSc2ncn[nH]2)cc1. The van der Waals surface area contributed by atoms with Crippen LogP contribution in [0.2, 0.25) is 0 Å². The van der Waals surface area contributed by atoms with Crippen LogP contribution in [0.4, 0.5) is 10.5 Å². The summed E-state index contributed by atoms with van der Waals surface area (Å²) in [4.78, 5) is 41.2. The molecule has 0 bridgehead atoms. The number of nitrogens with one attached hydrogen (secondary N) is 2. The predicted molar refractivity (Wildman–Crippen MR) is 115 cm³/mol. The maximum atomic E-state index is 12.5. The van der Waals surface area contributed by atoms with Gasteiger partial charge in [-0.1, -0.05) is 47.8 Å². The number of aromatic nitrogens is 3. The lowest BCUT2D eigenvalue weighted by atomic mass is 10.1. The molecule has 3 aromatic rings. The Bertz CT molecular complexity index is 1040. The van der Waals surface area contributed by atoms with Gasteiger partial charge in [0.1, 0.15) is 6.33 Å². The topological polar surface area (TPSA) is 108 Å². The third-order valence-corrected chi connectivity index (χ3v) is 6.18. The molecule has 0 spiro atoms. The minimum atomic E-state index is -0.222. The Kier molecular flexibility index (Phi) is 6.15. The van der Waals surface area contributed by atoms with E-state index in [1.165, 1.54) is 23.0 Å². The Labute approximate surface area is 180 Å². The van der Waals surface area contributed by atoms with Gasteiger partial charge < -0.3 is 5.32 Å². The molecule has 1 saturated heterocycles. The van der Waals surface area contributed by atoms with E-state index in [0.717, 1.165) is 33.8 Å². The number of hydrogen-bond donors (Lipinski definition) is 2. The molecule has 1 aliphatic heterocycles. The summed E-state index contributed by atoms with van der Waals surface area (Å²) in [6.45, 7) is 0.242. The van der Waals surface area contributed by atoms with Gasteiger partial charge in [-0.25, -0.2) is 4.98 Å². The van der Waals surface area contributed by atoms with Gasteiger partial charge >= 0.3 is 0 Å². The van der Waals surface area contributed by atoms with Gasteiger partial charge in [-0.2, -0.15) is 5.10 Å². The Balaban J connectivity index is 1.32. The van der Waals surface area contributed by atoms with Crippen molar-refractivity contribution < 1.29 is 14.4 Å². The van der Waals surface area contributed by atoms with E-state index in [9.17, 15) is 14.4 Å². The van der Waals surface area contributed by atoms with Crippen molar-refractivity contribution in [2.24, 2.45) is 0 Å². The van der Waals surface area contributed by atoms with E-state index in [4.69, 9.17) is 0 Å². The van der Waals surface area contributed by atoms with Gasteiger partial charge in [0.05, 0.1) is 12.3 Å². The molecule has 1 aliphatic rings. The lowest BCUT2D eigenvalue weighted by Crippen LogP contribution is -2.27. The van der Waals surface area contributed by atoms with E-state index < -0.39 is 0 Å². The maximum absolute atomic E-state index is 12.5. The fourth-order valence-electron chi connectivity index (χ4n) is 2.78. The molecule has 1 fully saturated rings. The van der Waals surface area contributed by atoms with E-state index in [2.05, 4.69) is 20.5 Å². The molecule has 0 saturated carbocycles. The standard InChI is InChI=1S/C20H17N5O3S2/c26-17-11-30-20(28)25(17)9-13-3-7-16(8-4-13)23-18(27)15-5-1-14(2-6-15)10-29-19-21-12-22-24-19/h1-8,12H,9-11H2,(H,23,27)(H,21,22,24). The number of thioether (sulfide) groups is 2. The van der Waals surface area contributed by atoms with Gasteiger partial charge in [-0.15, -0.1) is 0 Å². The largest absolute Gasteiger partial charge is 0.322 e. The van der Waals surface area contributed by atoms with Crippen molar-refractivity contribution >= 4 is 46.3 Å². The first-order valence-corrected chi connectivity index (χ1v) is 11.0. The fraction of sp³-hybridized carbons (Fsp3) is 0.150. The van der Waals surface area contributed by atoms with E-state index in [-0.39, 0.29) is 29.4 Å². The van der Waals surface area contributed by atoms with Crippen LogP contribution in [0.3, 0.4) is 0 Å². The number of carbonyl (C=O) groups excluding carboxylic acids is 3. The Morgan fingerprint density at radius 1 is 1.10 bits per heavy atom. The molecular formula is C20H17N5O3S2. The average molecular weight is 440 g/mol. The van der Waals surface area contributed by atoms with Crippen LogP contribution in [0.25, 0.3) is 0 Å². The van der Waals surface area contributed by atoms with E-state index in [1.54, 1.807) is 36.4 Å².